The summed E-state index contributed by atoms with van der Waals surface area (Å²) in [6.45, 7) is 13.9. The molecular weight excluding hydrogens is 836 g/mol. The van der Waals surface area contributed by atoms with Crippen LogP contribution in [-0.4, -0.2) is 137 Å². The zero-order chi connectivity index (χ0) is 46.0. The van der Waals surface area contributed by atoms with Crippen LogP contribution >= 0.6 is 0 Å². The fourth-order valence-electron chi connectivity index (χ4n) is 13.8. The number of hydrogen-bond acceptors (Lipinski definition) is 17. The average molecular weight is 907 g/mol. The molecule has 4 aliphatic carbocycles. The highest BCUT2D eigenvalue weighted by Gasteiger charge is 2.71. The van der Waals surface area contributed by atoms with Gasteiger partial charge in [-0.3, -0.25) is 14.4 Å². The summed E-state index contributed by atoms with van der Waals surface area (Å²) in [4.78, 5) is 49.3. The SMILES string of the molecule is CC(=O)O[C@H]1C[C@@H](O[C@H]2CC[C@@]3(C)[C@H](CC[C@@H]4[C@@H]3CC[C@]3(C)[C@@H](C5=CC(=O)OC5)[C@@H](OC(C)=O)CC43O)C2)O[C@H](C)[C@H]1O[C@@H]1C[C@H](OC(C)=O)[C@H](O[C@@H]2C[C@H](O)[C@H](O)[C@@H](C)O2)[C@@H](C)O1. The van der Waals surface area contributed by atoms with Gasteiger partial charge in [-0.25, -0.2) is 4.79 Å². The van der Waals surface area contributed by atoms with Crippen molar-refractivity contribution in [3.05, 3.63) is 11.6 Å². The van der Waals surface area contributed by atoms with Crippen LogP contribution in [0.3, 0.4) is 0 Å². The number of aliphatic hydroxyl groups excluding tert-OH is 2. The van der Waals surface area contributed by atoms with E-state index in [4.69, 9.17) is 47.4 Å². The summed E-state index contributed by atoms with van der Waals surface area (Å²) < 4.78 is 60.8. The van der Waals surface area contributed by atoms with Crippen molar-refractivity contribution in [2.45, 2.75) is 218 Å². The second-order valence-corrected chi connectivity index (χ2v) is 20.6. The Morgan fingerprint density at radius 2 is 1.25 bits per heavy atom. The normalized spacial score (nSPS) is 49.0. The third-order valence-electron chi connectivity index (χ3n) is 16.7. The summed E-state index contributed by atoms with van der Waals surface area (Å²) in [6.07, 6.45) is -1.93. The number of cyclic esters (lactones) is 1. The van der Waals surface area contributed by atoms with Gasteiger partial charge in [-0.15, -0.1) is 0 Å². The van der Waals surface area contributed by atoms with Gasteiger partial charge in [0.05, 0.1) is 36.1 Å². The maximum Gasteiger partial charge on any atom is 0.331 e. The Kier molecular flexibility index (Phi) is 13.7. The number of fused-ring (bicyclic) bond motifs is 5. The fraction of sp³-hybridized carbons (Fsp3) is 0.872. The summed E-state index contributed by atoms with van der Waals surface area (Å²) in [5.74, 6) is -1.48. The Morgan fingerprint density at radius 3 is 1.81 bits per heavy atom. The smallest absolute Gasteiger partial charge is 0.331 e. The van der Waals surface area contributed by atoms with Crippen molar-refractivity contribution in [3.8, 4) is 0 Å². The molecule has 4 aliphatic heterocycles. The van der Waals surface area contributed by atoms with E-state index in [1.165, 1.54) is 26.8 Å². The van der Waals surface area contributed by atoms with Crippen molar-refractivity contribution < 1.29 is 81.9 Å². The van der Waals surface area contributed by atoms with Crippen LogP contribution in [-0.2, 0) is 66.5 Å². The van der Waals surface area contributed by atoms with E-state index >= 15 is 0 Å². The molecule has 8 rings (SSSR count). The zero-order valence-electron chi connectivity index (χ0n) is 38.5. The highest BCUT2D eigenvalue weighted by atomic mass is 16.7. The number of hydrogen-bond donors (Lipinski definition) is 3. The molecule has 7 fully saturated rings. The van der Waals surface area contributed by atoms with Crippen LogP contribution in [0.4, 0.5) is 0 Å². The number of aliphatic hydroxyl groups is 3. The molecule has 0 bridgehead atoms. The first-order valence-electron chi connectivity index (χ1n) is 23.6. The quantitative estimate of drug-likeness (QED) is 0.161. The second kappa shape index (κ2) is 18.4. The summed E-state index contributed by atoms with van der Waals surface area (Å²) in [5, 5.41) is 33.4. The van der Waals surface area contributed by atoms with Crippen molar-refractivity contribution in [2.75, 3.05) is 6.61 Å². The van der Waals surface area contributed by atoms with Crippen LogP contribution in [0.25, 0.3) is 0 Å². The first-order valence-corrected chi connectivity index (χ1v) is 23.6. The first-order chi connectivity index (χ1) is 30.2. The first kappa shape index (κ1) is 47.7. The highest BCUT2D eigenvalue weighted by Crippen LogP contribution is 2.70. The maximum atomic E-state index is 12.9. The largest absolute Gasteiger partial charge is 0.462 e. The van der Waals surface area contributed by atoms with Crippen molar-refractivity contribution in [1.29, 1.82) is 0 Å². The molecule has 0 radical (unpaired) electrons. The van der Waals surface area contributed by atoms with Crippen molar-refractivity contribution in [1.82, 2.24) is 0 Å². The molecule has 3 saturated heterocycles. The number of esters is 4. The number of carbonyl (C=O) groups is 4. The number of rotatable bonds is 10. The van der Waals surface area contributed by atoms with Gasteiger partial charge in [0.1, 0.15) is 43.2 Å². The molecule has 0 amide bonds. The van der Waals surface area contributed by atoms with Crippen molar-refractivity contribution in [3.63, 3.8) is 0 Å². The third kappa shape index (κ3) is 9.03. The minimum absolute atomic E-state index is 0.00758. The summed E-state index contributed by atoms with van der Waals surface area (Å²) >= 11 is 0. The van der Waals surface area contributed by atoms with E-state index in [2.05, 4.69) is 13.8 Å². The van der Waals surface area contributed by atoms with Crippen LogP contribution in [0.2, 0.25) is 0 Å². The van der Waals surface area contributed by atoms with Gasteiger partial charge in [0.15, 0.2) is 18.9 Å². The second-order valence-electron chi connectivity index (χ2n) is 20.6. The number of ether oxygens (including phenoxy) is 10. The van der Waals surface area contributed by atoms with E-state index in [9.17, 15) is 34.5 Å². The van der Waals surface area contributed by atoms with Gasteiger partial charge in [-0.1, -0.05) is 13.8 Å². The molecule has 8 aliphatic rings. The van der Waals surface area contributed by atoms with Gasteiger partial charge in [-0.05, 0) is 94.5 Å². The van der Waals surface area contributed by atoms with E-state index in [1.807, 2.05) is 6.92 Å². The molecule has 1 unspecified atom stereocenters. The molecule has 17 nitrogen and oxygen atoms in total. The molecule has 4 heterocycles. The minimum Gasteiger partial charge on any atom is -0.462 e. The Bertz CT molecular complexity index is 1780. The topological polar surface area (TPSA) is 221 Å². The lowest BCUT2D eigenvalue weighted by molar-refractivity contribution is -0.337. The highest BCUT2D eigenvalue weighted by molar-refractivity contribution is 5.85. The molecule has 0 aromatic heterocycles. The Balaban J connectivity index is 0.899. The maximum absolute atomic E-state index is 12.9. The van der Waals surface area contributed by atoms with E-state index in [0.29, 0.717) is 12.3 Å². The van der Waals surface area contributed by atoms with Crippen LogP contribution in [0.1, 0.15) is 126 Å². The van der Waals surface area contributed by atoms with E-state index in [-0.39, 0.29) is 55.1 Å². The van der Waals surface area contributed by atoms with Gasteiger partial charge >= 0.3 is 23.9 Å². The van der Waals surface area contributed by atoms with Gasteiger partial charge < -0.3 is 62.7 Å². The van der Waals surface area contributed by atoms with Crippen LogP contribution in [0, 0.1) is 34.5 Å². The fourth-order valence-corrected chi connectivity index (χ4v) is 13.8. The number of carbonyl (C=O) groups excluding carboxylic acids is 4. The Labute approximate surface area is 375 Å². The summed E-state index contributed by atoms with van der Waals surface area (Å²) in [5.41, 5.74) is -0.915. The van der Waals surface area contributed by atoms with Crippen molar-refractivity contribution >= 4 is 23.9 Å². The molecule has 3 N–H and O–H groups in total. The van der Waals surface area contributed by atoms with E-state index < -0.39 is 115 Å². The molecular formula is C47H70O17. The molecule has 0 aromatic rings. The van der Waals surface area contributed by atoms with Gasteiger partial charge in [-0.2, -0.15) is 0 Å². The van der Waals surface area contributed by atoms with Crippen LogP contribution in [0.15, 0.2) is 11.6 Å². The predicted molar refractivity (Wildman–Crippen MR) is 221 cm³/mol. The molecule has 360 valence electrons. The lowest BCUT2D eigenvalue weighted by Crippen LogP contribution is -2.62. The Hall–Kier alpha value is -2.74. The zero-order valence-corrected chi connectivity index (χ0v) is 38.5. The predicted octanol–water partition coefficient (Wildman–Crippen LogP) is 3.93. The van der Waals surface area contributed by atoms with Gasteiger partial charge in [0.2, 0.25) is 0 Å². The van der Waals surface area contributed by atoms with Crippen LogP contribution in [0.5, 0.6) is 0 Å². The molecule has 17 heteroatoms. The molecule has 0 spiro atoms. The van der Waals surface area contributed by atoms with Crippen molar-refractivity contribution in [2.24, 2.45) is 34.5 Å². The van der Waals surface area contributed by atoms with E-state index in [0.717, 1.165) is 50.5 Å². The molecule has 4 saturated carbocycles. The van der Waals surface area contributed by atoms with Gasteiger partial charge in [0, 0.05) is 63.9 Å². The van der Waals surface area contributed by atoms with Crippen LogP contribution < -0.4 is 0 Å². The standard InChI is InChI=1S/C47H70O17/c1-22-42(53)33(51)17-38(56-22)63-43-24(3)58-40(19-35(43)60-26(5)49)64-44-23(2)57-39(18-34(44)59-25(4)48)62-30-11-13-45(7)29(16-30)9-10-32-31(45)12-14-46(8)41(28-15-37(52)55-21-28)36(61-27(6)50)20-47(32,46)54/h15,22-24,29-36,38-44,51,53-54H,9-14,16-21H2,1-8H3/t22-,23-,24-,29-,30+,31+,32-,33+,34+,35+,36+,38-,39-,40-,41+,42-,43-,44-,45+,46-,47?/m1/s1. The molecule has 0 aromatic carbocycles. The molecule has 64 heavy (non-hydrogen) atoms. The Morgan fingerprint density at radius 1 is 0.688 bits per heavy atom. The average Bonchev–Trinajstić information content (AvgIpc) is 3.72. The van der Waals surface area contributed by atoms with Gasteiger partial charge in [0.25, 0.3) is 0 Å². The third-order valence-corrected chi connectivity index (χ3v) is 16.7. The molecule has 21 atom stereocenters. The summed E-state index contributed by atoms with van der Waals surface area (Å²) in [7, 11) is 0. The summed E-state index contributed by atoms with van der Waals surface area (Å²) in [6, 6.07) is 0. The van der Waals surface area contributed by atoms with E-state index in [1.54, 1.807) is 13.8 Å². The lowest BCUT2D eigenvalue weighted by Gasteiger charge is -2.63. The lowest BCUT2D eigenvalue weighted by atomic mass is 9.43. The monoisotopic (exact) mass is 906 g/mol. The minimum atomic E-state index is -1.08.